The Bertz CT molecular complexity index is 1180. The minimum atomic E-state index is -0.569. The van der Waals surface area contributed by atoms with Crippen LogP contribution in [0, 0.1) is 16.3 Å². The number of aromatic nitrogens is 2. The number of hydroxylamine groups is 1. The topological polar surface area (TPSA) is 82.5 Å². The molecule has 0 fully saturated rings. The van der Waals surface area contributed by atoms with Crippen LogP contribution in [0.5, 0.6) is 0 Å². The number of fused-ring (bicyclic) bond motifs is 1. The summed E-state index contributed by atoms with van der Waals surface area (Å²) in [6.45, 7) is 5.49. The van der Waals surface area contributed by atoms with Gasteiger partial charge < -0.3 is 9.30 Å². The van der Waals surface area contributed by atoms with E-state index in [9.17, 15) is 14.0 Å². The molecule has 0 unspecified atom stereocenters. The summed E-state index contributed by atoms with van der Waals surface area (Å²) < 4.78 is 21.9. The molecule has 1 amide bonds. The third-order valence-corrected chi connectivity index (χ3v) is 5.98. The number of carbonyl (C=O) groups is 1. The van der Waals surface area contributed by atoms with E-state index in [1.54, 1.807) is 26.1 Å². The Morgan fingerprint density at radius 1 is 1.43 bits per heavy atom. The molecule has 0 aliphatic carbocycles. The van der Waals surface area contributed by atoms with E-state index in [-0.39, 0.29) is 36.3 Å². The minimum Gasteiger partial charge on any atom is -0.499 e. The van der Waals surface area contributed by atoms with Gasteiger partial charge in [-0.25, -0.2) is 14.9 Å². The number of ether oxygens (including phenoxy) is 1. The fourth-order valence-electron chi connectivity index (χ4n) is 2.95. The number of carbonyl (C=O) groups excluding carboxylic acids is 1. The van der Waals surface area contributed by atoms with Crippen molar-refractivity contribution in [1.29, 1.82) is 0 Å². The number of pyridine rings is 1. The van der Waals surface area contributed by atoms with Crippen LogP contribution in [0.15, 0.2) is 35.8 Å². The van der Waals surface area contributed by atoms with E-state index in [4.69, 9.17) is 9.57 Å². The fourth-order valence-corrected chi connectivity index (χ4v) is 4.31. The number of amides is 1. The highest BCUT2D eigenvalue weighted by Gasteiger charge is 2.24. The molecule has 10 heteroatoms. The van der Waals surface area contributed by atoms with Crippen molar-refractivity contribution >= 4 is 50.1 Å². The molecule has 2 aromatic heterocycles. The lowest BCUT2D eigenvalue weighted by atomic mass is 10.0. The van der Waals surface area contributed by atoms with Crippen LogP contribution in [0.4, 0.5) is 4.39 Å². The number of hydrogen-bond donors (Lipinski definition) is 1. The molecule has 30 heavy (non-hydrogen) atoms. The first-order valence-electron chi connectivity index (χ1n) is 8.91. The summed E-state index contributed by atoms with van der Waals surface area (Å²) >= 11 is 3.23. The molecule has 3 rings (SSSR count). The predicted octanol–water partition coefficient (Wildman–Crippen LogP) is 3.46. The van der Waals surface area contributed by atoms with Gasteiger partial charge in [-0.2, -0.15) is 0 Å². The number of aryl methyl sites for hydroxylation is 1. The Morgan fingerprint density at radius 3 is 2.90 bits per heavy atom. The Kier molecular flexibility index (Phi) is 7.21. The fraction of sp³-hybridized carbons (Fsp3) is 0.250. The van der Waals surface area contributed by atoms with Crippen molar-refractivity contribution in [3.8, 4) is 0 Å². The molecule has 0 radical (unpaired) electrons. The normalized spacial score (nSPS) is 10.9. The Morgan fingerprint density at radius 2 is 2.20 bits per heavy atom. The zero-order valence-corrected chi connectivity index (χ0v) is 19.3. The summed E-state index contributed by atoms with van der Waals surface area (Å²) in [5.41, 5.74) is 3.25. The van der Waals surface area contributed by atoms with Gasteiger partial charge in [0, 0.05) is 22.7 Å². The molecule has 0 saturated heterocycles. The van der Waals surface area contributed by atoms with E-state index >= 15 is 0 Å². The van der Waals surface area contributed by atoms with Crippen molar-refractivity contribution in [3.63, 3.8) is 0 Å². The lowest BCUT2D eigenvalue weighted by Crippen LogP contribution is -2.31. The van der Waals surface area contributed by atoms with Crippen molar-refractivity contribution in [2.24, 2.45) is 7.05 Å². The average molecular weight is 543 g/mol. The number of rotatable bonds is 8. The molecule has 0 aliphatic heterocycles. The summed E-state index contributed by atoms with van der Waals surface area (Å²) in [5, 5.41) is 0.647. The van der Waals surface area contributed by atoms with Crippen LogP contribution < -0.4 is 11.0 Å². The smallest absolute Gasteiger partial charge is 0.278 e. The standard InChI is InChI=1S/C20H19FIN3O4S/c1-4-28-7-8-29-24-19(26)16-15(9-12-5-6-13(22)10-14(12)21)25(3)20(27)18-17(16)23-11(2)30-18/h4-6,10H,1,7-9H2,2-3H3,(H,24,26). The number of thiazole rings is 1. The van der Waals surface area contributed by atoms with Crippen LogP contribution in [-0.2, 0) is 23.0 Å². The van der Waals surface area contributed by atoms with Crippen LogP contribution in [0.25, 0.3) is 10.2 Å². The van der Waals surface area contributed by atoms with Gasteiger partial charge >= 0.3 is 0 Å². The molecule has 0 bridgehead atoms. The largest absolute Gasteiger partial charge is 0.499 e. The summed E-state index contributed by atoms with van der Waals surface area (Å²) in [6, 6.07) is 4.82. The van der Waals surface area contributed by atoms with Gasteiger partial charge in [0.05, 0.1) is 16.8 Å². The molecule has 7 nitrogen and oxygen atoms in total. The Balaban J connectivity index is 2.06. The molecule has 1 aromatic carbocycles. The van der Waals surface area contributed by atoms with E-state index in [0.29, 0.717) is 21.0 Å². The predicted molar refractivity (Wildman–Crippen MR) is 121 cm³/mol. The second-order valence-corrected chi connectivity index (χ2v) is 8.77. The van der Waals surface area contributed by atoms with Gasteiger partial charge in [-0.15, -0.1) is 11.3 Å². The highest BCUT2D eigenvalue weighted by molar-refractivity contribution is 14.1. The van der Waals surface area contributed by atoms with Crippen LogP contribution in [0.2, 0.25) is 0 Å². The van der Waals surface area contributed by atoms with E-state index in [2.05, 4.69) is 17.0 Å². The van der Waals surface area contributed by atoms with Crippen molar-refractivity contribution in [1.82, 2.24) is 15.0 Å². The average Bonchev–Trinajstić information content (AvgIpc) is 3.09. The van der Waals surface area contributed by atoms with E-state index in [1.807, 2.05) is 22.6 Å². The first kappa shape index (κ1) is 22.4. The van der Waals surface area contributed by atoms with Gasteiger partial charge in [0.15, 0.2) is 0 Å². The summed E-state index contributed by atoms with van der Waals surface area (Å²) in [6.07, 6.45) is 1.32. The van der Waals surface area contributed by atoms with Gasteiger partial charge in [0.2, 0.25) is 0 Å². The van der Waals surface area contributed by atoms with E-state index in [0.717, 1.165) is 3.57 Å². The summed E-state index contributed by atoms with van der Waals surface area (Å²) in [7, 11) is 1.56. The van der Waals surface area contributed by atoms with Gasteiger partial charge in [-0.1, -0.05) is 12.6 Å². The molecule has 0 aliphatic rings. The highest BCUT2D eigenvalue weighted by atomic mass is 127. The molecule has 0 saturated carbocycles. The van der Waals surface area contributed by atoms with Gasteiger partial charge in [0.1, 0.15) is 29.2 Å². The maximum absolute atomic E-state index is 14.5. The maximum Gasteiger partial charge on any atom is 0.278 e. The Labute approximate surface area is 189 Å². The molecule has 1 N–H and O–H groups in total. The second-order valence-electron chi connectivity index (χ2n) is 6.33. The molecular formula is C20H19FIN3O4S. The first-order chi connectivity index (χ1) is 14.3. The zero-order chi connectivity index (χ0) is 21.8. The quantitative estimate of drug-likeness (QED) is 0.204. The summed E-state index contributed by atoms with van der Waals surface area (Å²) in [5.74, 6) is -0.978. The van der Waals surface area contributed by atoms with E-state index in [1.165, 1.54) is 28.2 Å². The van der Waals surface area contributed by atoms with Crippen LogP contribution in [0.3, 0.4) is 0 Å². The Hall–Kier alpha value is -2.31. The molecule has 0 atom stereocenters. The lowest BCUT2D eigenvalue weighted by Gasteiger charge is -2.15. The summed E-state index contributed by atoms with van der Waals surface area (Å²) in [4.78, 5) is 35.4. The van der Waals surface area contributed by atoms with Gasteiger partial charge in [-0.05, 0) is 47.2 Å². The molecular weight excluding hydrogens is 524 g/mol. The van der Waals surface area contributed by atoms with Crippen molar-refractivity contribution in [2.45, 2.75) is 13.3 Å². The third kappa shape index (κ3) is 4.71. The van der Waals surface area contributed by atoms with Crippen LogP contribution in [-0.4, -0.2) is 28.7 Å². The number of nitrogens with one attached hydrogen (secondary N) is 1. The van der Waals surface area contributed by atoms with Crippen LogP contribution in [0.1, 0.15) is 26.6 Å². The zero-order valence-electron chi connectivity index (χ0n) is 16.3. The van der Waals surface area contributed by atoms with Crippen molar-refractivity contribution < 1.29 is 18.8 Å². The second kappa shape index (κ2) is 9.67. The van der Waals surface area contributed by atoms with Crippen molar-refractivity contribution in [2.75, 3.05) is 13.2 Å². The molecule has 3 aromatic rings. The minimum absolute atomic E-state index is 0.0450. The molecule has 158 valence electrons. The SMILES string of the molecule is C=COCCONC(=O)c1c(Cc2ccc(I)cc2F)n(C)c(=O)c2sc(C)nc12. The maximum atomic E-state index is 14.5. The van der Waals surface area contributed by atoms with Gasteiger partial charge in [-0.3, -0.25) is 14.4 Å². The molecule has 0 spiro atoms. The lowest BCUT2D eigenvalue weighted by molar-refractivity contribution is 0.0144. The number of nitrogens with zero attached hydrogens (tertiary/aromatic N) is 2. The first-order valence-corrected chi connectivity index (χ1v) is 10.8. The van der Waals surface area contributed by atoms with Crippen molar-refractivity contribution in [3.05, 3.63) is 72.6 Å². The van der Waals surface area contributed by atoms with E-state index < -0.39 is 11.7 Å². The van der Waals surface area contributed by atoms with Crippen LogP contribution >= 0.6 is 33.9 Å². The third-order valence-electron chi connectivity index (χ3n) is 4.35. The molecule has 2 heterocycles. The highest BCUT2D eigenvalue weighted by Crippen LogP contribution is 2.26. The van der Waals surface area contributed by atoms with Gasteiger partial charge in [0.25, 0.3) is 11.5 Å². The monoisotopic (exact) mass is 543 g/mol. The number of halogens is 2. The number of hydrogen-bond acceptors (Lipinski definition) is 6. The number of benzene rings is 1.